The van der Waals surface area contributed by atoms with E-state index in [9.17, 15) is 20.0 Å². The lowest BCUT2D eigenvalue weighted by atomic mass is 10.2. The molecule has 1 heterocycles. The van der Waals surface area contributed by atoms with Crippen molar-refractivity contribution in [3.63, 3.8) is 0 Å². The Morgan fingerprint density at radius 2 is 2.33 bits per heavy atom. The van der Waals surface area contributed by atoms with Crippen LogP contribution in [0.1, 0.15) is 12.8 Å². The maximum atomic E-state index is 11.8. The first kappa shape index (κ1) is 15.0. The third-order valence-electron chi connectivity index (χ3n) is 3.50. The topological polar surface area (TPSA) is 95.7 Å². The third-order valence-corrected chi connectivity index (χ3v) is 3.50. The Kier molecular flexibility index (Phi) is 4.54. The van der Waals surface area contributed by atoms with Crippen molar-refractivity contribution in [2.24, 2.45) is 0 Å². The SMILES string of the molecule is CN1CCC[C@@H]1/C=C/C(=O)Nc1ccc([N+](=O)[O-])cc1O. The summed E-state index contributed by atoms with van der Waals surface area (Å²) in [6, 6.07) is 3.79. The maximum absolute atomic E-state index is 11.8. The molecule has 7 heteroatoms. The number of carbonyl (C=O) groups excluding carboxylic acids is 1. The Balaban J connectivity index is 1.99. The molecule has 1 aliphatic rings. The standard InChI is InChI=1S/C14H17N3O4/c1-16-8-2-3-10(16)5-7-14(19)15-12-6-4-11(17(20)21)9-13(12)18/h4-7,9-10,18H,2-3,8H2,1H3,(H,15,19)/b7-5+/t10-/m1/s1. The number of amides is 1. The molecule has 1 aliphatic heterocycles. The molecule has 1 aromatic rings. The number of nitrogens with zero attached hydrogens (tertiary/aromatic N) is 2. The number of hydrogen-bond acceptors (Lipinski definition) is 5. The van der Waals surface area contributed by atoms with Gasteiger partial charge in [0.15, 0.2) is 0 Å². The second kappa shape index (κ2) is 6.36. The predicted molar refractivity (Wildman–Crippen MR) is 78.2 cm³/mol. The molecule has 0 radical (unpaired) electrons. The fourth-order valence-electron chi connectivity index (χ4n) is 2.29. The number of anilines is 1. The smallest absolute Gasteiger partial charge is 0.273 e. The number of likely N-dealkylation sites (tertiary alicyclic amines) is 1. The third kappa shape index (κ3) is 3.79. The number of benzene rings is 1. The zero-order valence-corrected chi connectivity index (χ0v) is 11.7. The minimum Gasteiger partial charge on any atom is -0.506 e. The number of phenolic OH excluding ortho intramolecular Hbond substituents is 1. The van der Waals surface area contributed by atoms with E-state index < -0.39 is 4.92 Å². The summed E-state index contributed by atoms with van der Waals surface area (Å²) in [5, 5.41) is 22.7. The van der Waals surface area contributed by atoms with Gasteiger partial charge in [-0.1, -0.05) is 6.08 Å². The van der Waals surface area contributed by atoms with Crippen LogP contribution in [0.25, 0.3) is 0 Å². The summed E-state index contributed by atoms with van der Waals surface area (Å²) in [4.78, 5) is 23.9. The number of non-ortho nitro benzene ring substituents is 1. The highest BCUT2D eigenvalue weighted by Gasteiger charge is 2.18. The van der Waals surface area contributed by atoms with Crippen LogP contribution >= 0.6 is 0 Å². The van der Waals surface area contributed by atoms with Crippen molar-refractivity contribution in [2.75, 3.05) is 18.9 Å². The highest BCUT2D eigenvalue weighted by Crippen LogP contribution is 2.27. The van der Waals surface area contributed by atoms with E-state index in [2.05, 4.69) is 10.2 Å². The van der Waals surface area contributed by atoms with E-state index in [1.165, 1.54) is 18.2 Å². The molecule has 0 bridgehead atoms. The number of phenols is 1. The van der Waals surface area contributed by atoms with Gasteiger partial charge in [0, 0.05) is 18.2 Å². The molecule has 0 aliphatic carbocycles. The molecule has 2 N–H and O–H groups in total. The number of nitro benzene ring substituents is 1. The summed E-state index contributed by atoms with van der Waals surface area (Å²) in [6.45, 7) is 1.01. The van der Waals surface area contributed by atoms with Crippen LogP contribution in [0, 0.1) is 10.1 Å². The number of aromatic hydroxyl groups is 1. The zero-order valence-electron chi connectivity index (χ0n) is 11.7. The Labute approximate surface area is 122 Å². The van der Waals surface area contributed by atoms with Crippen LogP contribution in [-0.4, -0.2) is 40.5 Å². The van der Waals surface area contributed by atoms with Gasteiger partial charge in [-0.05, 0) is 32.5 Å². The van der Waals surface area contributed by atoms with E-state index in [4.69, 9.17) is 0 Å². The van der Waals surface area contributed by atoms with Crippen molar-refractivity contribution in [1.29, 1.82) is 0 Å². The van der Waals surface area contributed by atoms with Crippen molar-refractivity contribution in [1.82, 2.24) is 4.90 Å². The van der Waals surface area contributed by atoms with E-state index in [0.29, 0.717) is 0 Å². The molecule has 0 unspecified atom stereocenters. The van der Waals surface area contributed by atoms with Crippen molar-refractivity contribution >= 4 is 17.3 Å². The van der Waals surface area contributed by atoms with Crippen LogP contribution in [0.4, 0.5) is 11.4 Å². The molecule has 1 fully saturated rings. The predicted octanol–water partition coefficient (Wildman–Crippen LogP) is 1.89. The number of nitro groups is 1. The van der Waals surface area contributed by atoms with Gasteiger partial charge in [-0.2, -0.15) is 0 Å². The lowest BCUT2D eigenvalue weighted by molar-refractivity contribution is -0.384. The summed E-state index contributed by atoms with van der Waals surface area (Å²) in [5.41, 5.74) is -0.0800. The molecule has 0 aromatic heterocycles. The first-order chi connectivity index (χ1) is 9.97. The fourth-order valence-corrected chi connectivity index (χ4v) is 2.29. The van der Waals surface area contributed by atoms with Gasteiger partial charge in [-0.15, -0.1) is 0 Å². The molecule has 7 nitrogen and oxygen atoms in total. The van der Waals surface area contributed by atoms with Gasteiger partial charge in [0.1, 0.15) is 5.75 Å². The average Bonchev–Trinajstić information content (AvgIpc) is 2.84. The quantitative estimate of drug-likeness (QED) is 0.382. The number of hydrogen-bond donors (Lipinski definition) is 2. The van der Waals surface area contributed by atoms with Gasteiger partial charge in [-0.25, -0.2) is 0 Å². The van der Waals surface area contributed by atoms with Crippen molar-refractivity contribution in [2.45, 2.75) is 18.9 Å². The van der Waals surface area contributed by atoms with E-state index in [1.54, 1.807) is 0 Å². The summed E-state index contributed by atoms with van der Waals surface area (Å²) in [6.07, 6.45) is 5.37. The lowest BCUT2D eigenvalue weighted by Gasteiger charge is -2.14. The van der Waals surface area contributed by atoms with Crippen LogP contribution in [0.2, 0.25) is 0 Å². The van der Waals surface area contributed by atoms with Crippen LogP contribution < -0.4 is 5.32 Å². The zero-order chi connectivity index (χ0) is 15.4. The van der Waals surface area contributed by atoms with E-state index in [-0.39, 0.29) is 29.1 Å². The molecular formula is C14H17N3O4. The fraction of sp³-hybridized carbons (Fsp3) is 0.357. The van der Waals surface area contributed by atoms with Gasteiger partial charge < -0.3 is 10.4 Å². The molecule has 0 saturated carbocycles. The summed E-state index contributed by atoms with van der Waals surface area (Å²) >= 11 is 0. The lowest BCUT2D eigenvalue weighted by Crippen LogP contribution is -2.23. The minimum atomic E-state index is -0.610. The van der Waals surface area contributed by atoms with Crippen LogP contribution in [-0.2, 0) is 4.79 Å². The monoisotopic (exact) mass is 291 g/mol. The molecule has 1 saturated heterocycles. The molecular weight excluding hydrogens is 274 g/mol. The Morgan fingerprint density at radius 1 is 1.57 bits per heavy atom. The largest absolute Gasteiger partial charge is 0.506 e. The molecule has 21 heavy (non-hydrogen) atoms. The van der Waals surface area contributed by atoms with Crippen molar-refractivity contribution in [3.8, 4) is 5.75 Å². The Hall–Kier alpha value is -2.41. The molecule has 1 amide bonds. The van der Waals surface area contributed by atoms with Crippen molar-refractivity contribution < 1.29 is 14.8 Å². The number of rotatable bonds is 4. The van der Waals surface area contributed by atoms with Gasteiger partial charge in [0.2, 0.25) is 5.91 Å². The van der Waals surface area contributed by atoms with E-state index in [1.807, 2.05) is 13.1 Å². The molecule has 0 spiro atoms. The highest BCUT2D eigenvalue weighted by molar-refractivity contribution is 6.00. The van der Waals surface area contributed by atoms with Crippen LogP contribution in [0.15, 0.2) is 30.4 Å². The highest BCUT2D eigenvalue weighted by atomic mass is 16.6. The minimum absolute atomic E-state index is 0.148. The second-order valence-corrected chi connectivity index (χ2v) is 5.00. The normalized spacial score (nSPS) is 19.0. The van der Waals surface area contributed by atoms with Crippen molar-refractivity contribution in [3.05, 3.63) is 40.5 Å². The first-order valence-electron chi connectivity index (χ1n) is 6.64. The Bertz CT molecular complexity index is 586. The van der Waals surface area contributed by atoms with Gasteiger partial charge in [0.25, 0.3) is 5.69 Å². The summed E-state index contributed by atoms with van der Waals surface area (Å²) in [7, 11) is 2.00. The molecule has 2 rings (SSSR count). The summed E-state index contributed by atoms with van der Waals surface area (Å²) < 4.78 is 0. The van der Waals surface area contributed by atoms with E-state index in [0.717, 1.165) is 25.5 Å². The van der Waals surface area contributed by atoms with Crippen LogP contribution in [0.5, 0.6) is 5.75 Å². The molecule has 1 aromatic carbocycles. The second-order valence-electron chi connectivity index (χ2n) is 5.00. The van der Waals surface area contributed by atoms with Gasteiger partial charge >= 0.3 is 0 Å². The molecule has 1 atom stereocenters. The Morgan fingerprint density at radius 3 is 2.90 bits per heavy atom. The summed E-state index contributed by atoms with van der Waals surface area (Å²) in [5.74, 6) is -0.705. The first-order valence-corrected chi connectivity index (χ1v) is 6.64. The number of likely N-dealkylation sites (N-methyl/N-ethyl adjacent to an activating group) is 1. The van der Waals surface area contributed by atoms with Crippen LogP contribution in [0.3, 0.4) is 0 Å². The van der Waals surface area contributed by atoms with Gasteiger partial charge in [-0.3, -0.25) is 19.8 Å². The number of carbonyl (C=O) groups is 1. The maximum Gasteiger partial charge on any atom is 0.273 e. The average molecular weight is 291 g/mol. The molecule has 112 valence electrons. The van der Waals surface area contributed by atoms with Gasteiger partial charge in [0.05, 0.1) is 16.7 Å². The number of nitrogens with one attached hydrogen (secondary N) is 1. The van der Waals surface area contributed by atoms with E-state index >= 15 is 0 Å².